The highest BCUT2D eigenvalue weighted by atomic mass is 16.5. The van der Waals surface area contributed by atoms with Crippen molar-refractivity contribution >= 4 is 5.90 Å². The third-order valence-electron chi connectivity index (χ3n) is 3.12. The quantitative estimate of drug-likeness (QED) is 0.444. The molecule has 0 aromatic rings. The van der Waals surface area contributed by atoms with E-state index in [2.05, 4.69) is 18.5 Å². The first-order valence-electron chi connectivity index (χ1n) is 6.54. The SMILES string of the molecule is CCCCCCCCCC1=[N+](C)CCO1. The number of rotatable bonds is 8. The molecule has 1 aliphatic rings. The van der Waals surface area contributed by atoms with E-state index < -0.39 is 0 Å². The second-order valence-electron chi connectivity index (χ2n) is 4.54. The monoisotopic (exact) mass is 212 g/mol. The zero-order chi connectivity index (χ0) is 10.9. The van der Waals surface area contributed by atoms with Crippen LogP contribution in [-0.2, 0) is 4.74 Å². The lowest BCUT2D eigenvalue weighted by atomic mass is 10.1. The molecule has 0 amide bonds. The minimum atomic E-state index is 0.891. The lowest BCUT2D eigenvalue weighted by Crippen LogP contribution is -2.10. The number of hydrogen-bond donors (Lipinski definition) is 0. The van der Waals surface area contributed by atoms with Crippen LogP contribution in [0.4, 0.5) is 0 Å². The molecule has 0 unspecified atom stereocenters. The molecule has 0 N–H and O–H groups in total. The molecule has 0 atom stereocenters. The summed E-state index contributed by atoms with van der Waals surface area (Å²) in [5.41, 5.74) is 0. The maximum absolute atomic E-state index is 5.55. The molecule has 1 heterocycles. The number of hydrogen-bond acceptors (Lipinski definition) is 1. The van der Waals surface area contributed by atoms with Gasteiger partial charge in [-0.15, -0.1) is 0 Å². The molecule has 0 radical (unpaired) electrons. The summed E-state index contributed by atoms with van der Waals surface area (Å²) in [4.78, 5) is 0. The molecule has 15 heavy (non-hydrogen) atoms. The summed E-state index contributed by atoms with van der Waals surface area (Å²) in [6, 6.07) is 0. The molecule has 0 spiro atoms. The molecule has 2 heteroatoms. The Hall–Kier alpha value is -0.530. The fraction of sp³-hybridized carbons (Fsp3) is 0.923. The summed E-state index contributed by atoms with van der Waals surface area (Å²) in [6.07, 6.45) is 10.8. The van der Waals surface area contributed by atoms with Crippen LogP contribution in [0.5, 0.6) is 0 Å². The van der Waals surface area contributed by atoms with E-state index in [4.69, 9.17) is 4.74 Å². The Labute approximate surface area is 94.3 Å². The van der Waals surface area contributed by atoms with Gasteiger partial charge in [0.1, 0.15) is 7.05 Å². The summed E-state index contributed by atoms with van der Waals surface area (Å²) >= 11 is 0. The van der Waals surface area contributed by atoms with Crippen LogP contribution >= 0.6 is 0 Å². The largest absolute Gasteiger partial charge is 0.441 e. The van der Waals surface area contributed by atoms with Gasteiger partial charge in [-0.05, 0) is 6.42 Å². The fourth-order valence-corrected chi connectivity index (χ4v) is 2.03. The van der Waals surface area contributed by atoms with Gasteiger partial charge < -0.3 is 4.74 Å². The molecule has 0 aromatic heterocycles. The van der Waals surface area contributed by atoms with E-state index in [0.717, 1.165) is 19.6 Å². The first kappa shape index (κ1) is 12.5. The van der Waals surface area contributed by atoms with E-state index in [9.17, 15) is 0 Å². The minimum absolute atomic E-state index is 0.891. The van der Waals surface area contributed by atoms with Gasteiger partial charge in [0.25, 0.3) is 0 Å². The van der Waals surface area contributed by atoms with Gasteiger partial charge in [0, 0.05) is 0 Å². The molecule has 0 saturated carbocycles. The van der Waals surface area contributed by atoms with E-state index in [1.165, 1.54) is 50.8 Å². The molecule has 88 valence electrons. The van der Waals surface area contributed by atoms with E-state index in [1.54, 1.807) is 0 Å². The zero-order valence-corrected chi connectivity index (χ0v) is 10.4. The number of likely N-dealkylation sites (N-methyl/N-ethyl adjacent to an activating group) is 1. The molecule has 0 fully saturated rings. The van der Waals surface area contributed by atoms with Gasteiger partial charge in [-0.2, -0.15) is 0 Å². The smallest absolute Gasteiger partial charge is 0.336 e. The third kappa shape index (κ3) is 5.19. The van der Waals surface area contributed by atoms with Gasteiger partial charge in [-0.1, -0.05) is 45.4 Å². The zero-order valence-electron chi connectivity index (χ0n) is 10.4. The summed E-state index contributed by atoms with van der Waals surface area (Å²) in [5, 5.41) is 0. The molecule has 0 saturated heterocycles. The highest BCUT2D eigenvalue weighted by Gasteiger charge is 2.18. The Kier molecular flexibility index (Phi) is 6.45. The van der Waals surface area contributed by atoms with Crippen LogP contribution in [-0.4, -0.2) is 30.7 Å². The van der Waals surface area contributed by atoms with E-state index >= 15 is 0 Å². The molecule has 0 bridgehead atoms. The Balaban J connectivity index is 1.91. The molecule has 1 rings (SSSR count). The van der Waals surface area contributed by atoms with E-state index in [0.29, 0.717) is 0 Å². The number of nitrogens with zero attached hydrogens (tertiary/aromatic N) is 1. The van der Waals surface area contributed by atoms with Gasteiger partial charge in [0.15, 0.2) is 13.2 Å². The number of ether oxygens (including phenoxy) is 1. The standard InChI is InChI=1S/C13H26NO/c1-3-4-5-6-7-8-9-10-13-14(2)11-12-15-13/h3-12H2,1-2H3/q+1. The van der Waals surface area contributed by atoms with Gasteiger partial charge in [0.05, 0.1) is 6.42 Å². The first-order valence-corrected chi connectivity index (χ1v) is 6.54. The fourth-order valence-electron chi connectivity index (χ4n) is 2.03. The Morgan fingerprint density at radius 1 is 1.07 bits per heavy atom. The molecule has 1 aliphatic heterocycles. The lowest BCUT2D eigenvalue weighted by Gasteiger charge is -2.00. The van der Waals surface area contributed by atoms with Crippen molar-refractivity contribution in [2.45, 2.75) is 58.3 Å². The van der Waals surface area contributed by atoms with Crippen LogP contribution in [0.25, 0.3) is 0 Å². The number of unbranched alkanes of at least 4 members (excludes halogenated alkanes) is 6. The molecular formula is C13H26NO+. The highest BCUT2D eigenvalue weighted by molar-refractivity contribution is 5.71. The van der Waals surface area contributed by atoms with Crippen LogP contribution in [0.2, 0.25) is 0 Å². The normalized spacial score (nSPS) is 15.9. The third-order valence-corrected chi connectivity index (χ3v) is 3.12. The Bertz CT molecular complexity index is 199. The van der Waals surface area contributed by atoms with Crippen molar-refractivity contribution in [1.29, 1.82) is 0 Å². The van der Waals surface area contributed by atoms with Gasteiger partial charge >= 0.3 is 5.90 Å². The highest BCUT2D eigenvalue weighted by Crippen LogP contribution is 2.10. The summed E-state index contributed by atoms with van der Waals surface area (Å²) in [5.74, 6) is 1.21. The Morgan fingerprint density at radius 3 is 2.33 bits per heavy atom. The van der Waals surface area contributed by atoms with Gasteiger partial charge in [-0.3, -0.25) is 0 Å². The van der Waals surface area contributed by atoms with Crippen LogP contribution in [0.15, 0.2) is 0 Å². The molecular weight excluding hydrogens is 186 g/mol. The van der Waals surface area contributed by atoms with Crippen LogP contribution < -0.4 is 0 Å². The molecule has 2 nitrogen and oxygen atoms in total. The summed E-state index contributed by atoms with van der Waals surface area (Å²) in [6.45, 7) is 4.23. The topological polar surface area (TPSA) is 12.2 Å². The van der Waals surface area contributed by atoms with Crippen molar-refractivity contribution in [3.05, 3.63) is 0 Å². The predicted octanol–water partition coefficient (Wildman–Crippen LogP) is 3.20. The van der Waals surface area contributed by atoms with Crippen molar-refractivity contribution < 1.29 is 9.31 Å². The van der Waals surface area contributed by atoms with Crippen LogP contribution in [0.3, 0.4) is 0 Å². The van der Waals surface area contributed by atoms with Gasteiger partial charge in [-0.25, -0.2) is 4.58 Å². The second kappa shape index (κ2) is 7.72. The van der Waals surface area contributed by atoms with Crippen LogP contribution in [0, 0.1) is 0 Å². The molecule has 0 aromatic carbocycles. The van der Waals surface area contributed by atoms with Crippen molar-refractivity contribution in [3.63, 3.8) is 0 Å². The van der Waals surface area contributed by atoms with Gasteiger partial charge in [0.2, 0.25) is 0 Å². The van der Waals surface area contributed by atoms with Crippen LogP contribution in [0.1, 0.15) is 58.3 Å². The second-order valence-corrected chi connectivity index (χ2v) is 4.54. The average Bonchev–Trinajstić information content (AvgIpc) is 2.63. The lowest BCUT2D eigenvalue weighted by molar-refractivity contribution is -0.488. The van der Waals surface area contributed by atoms with E-state index in [1.807, 2.05) is 0 Å². The Morgan fingerprint density at radius 2 is 1.73 bits per heavy atom. The summed E-state index contributed by atoms with van der Waals surface area (Å²) in [7, 11) is 2.13. The average molecular weight is 212 g/mol. The van der Waals surface area contributed by atoms with Crippen molar-refractivity contribution in [2.75, 3.05) is 20.2 Å². The predicted molar refractivity (Wildman–Crippen MR) is 64.6 cm³/mol. The van der Waals surface area contributed by atoms with Crippen molar-refractivity contribution in [3.8, 4) is 0 Å². The first-order chi connectivity index (χ1) is 7.34. The van der Waals surface area contributed by atoms with Crippen molar-refractivity contribution in [1.82, 2.24) is 0 Å². The van der Waals surface area contributed by atoms with Crippen molar-refractivity contribution in [2.24, 2.45) is 0 Å². The van der Waals surface area contributed by atoms with E-state index in [-0.39, 0.29) is 0 Å². The minimum Gasteiger partial charge on any atom is -0.441 e. The maximum Gasteiger partial charge on any atom is 0.336 e. The summed E-state index contributed by atoms with van der Waals surface area (Å²) < 4.78 is 7.80. The molecule has 0 aliphatic carbocycles. The maximum atomic E-state index is 5.55.